The molecule has 0 aliphatic heterocycles. The van der Waals surface area contributed by atoms with E-state index in [9.17, 15) is 0 Å². The lowest BCUT2D eigenvalue weighted by Gasteiger charge is -2.17. The molecule has 0 N–H and O–H groups in total. The summed E-state index contributed by atoms with van der Waals surface area (Å²) in [6, 6.07) is 0. The van der Waals surface area contributed by atoms with Gasteiger partial charge in [-0.25, -0.2) is 0 Å². The highest BCUT2D eigenvalue weighted by atomic mass is 14.1. The second-order valence-electron chi connectivity index (χ2n) is 3.29. The third-order valence-corrected chi connectivity index (χ3v) is 2.21. The lowest BCUT2D eigenvalue weighted by molar-refractivity contribution is 0.507. The lowest BCUT2D eigenvalue weighted by atomic mass is 9.89. The molecule has 0 aliphatic rings. The molecule has 0 aliphatic carbocycles. The van der Waals surface area contributed by atoms with E-state index < -0.39 is 0 Å². The Morgan fingerprint density at radius 1 is 1.20 bits per heavy atom. The third kappa shape index (κ3) is 3.92. The molecule has 0 bridgehead atoms. The van der Waals surface area contributed by atoms with Crippen LogP contribution in [0.5, 0.6) is 0 Å². The summed E-state index contributed by atoms with van der Waals surface area (Å²) in [7, 11) is 0. The van der Waals surface area contributed by atoms with Gasteiger partial charge in [-0.3, -0.25) is 0 Å². The number of hydrogen-bond acceptors (Lipinski definition) is 0. The Morgan fingerprint density at radius 3 is 2.20 bits per heavy atom. The molecule has 0 rings (SSSR count). The maximum Gasteiger partial charge on any atom is -0.0244 e. The van der Waals surface area contributed by atoms with Crippen LogP contribution >= 0.6 is 0 Å². The van der Waals surface area contributed by atoms with Crippen molar-refractivity contribution in [3.63, 3.8) is 0 Å². The summed E-state index contributed by atoms with van der Waals surface area (Å²) < 4.78 is 0. The molecule has 0 nitrogen and oxygen atoms in total. The van der Waals surface area contributed by atoms with Gasteiger partial charge in [0.15, 0.2) is 0 Å². The van der Waals surface area contributed by atoms with E-state index in [0.717, 1.165) is 5.92 Å². The van der Waals surface area contributed by atoms with Crippen LogP contribution in [0.25, 0.3) is 0 Å². The zero-order chi connectivity index (χ0) is 7.98. The molecule has 0 aromatic heterocycles. The van der Waals surface area contributed by atoms with Crippen molar-refractivity contribution >= 4 is 0 Å². The first-order chi connectivity index (χ1) is 4.72. The molecule has 1 radical (unpaired) electrons. The topological polar surface area (TPSA) is 0 Å². The van der Waals surface area contributed by atoms with Crippen molar-refractivity contribution in [2.75, 3.05) is 0 Å². The third-order valence-electron chi connectivity index (χ3n) is 2.21. The second-order valence-corrected chi connectivity index (χ2v) is 3.29. The van der Waals surface area contributed by atoms with Gasteiger partial charge in [-0.05, 0) is 18.3 Å². The predicted octanol–water partition coefficient (Wildman–Crippen LogP) is 3.82. The minimum absolute atomic E-state index is 0.852. The minimum Gasteiger partial charge on any atom is -0.0654 e. The Labute approximate surface area is 66.0 Å². The van der Waals surface area contributed by atoms with E-state index in [-0.39, 0.29) is 0 Å². The SMILES string of the molecule is CCC[C](C)C(C)CCC. The van der Waals surface area contributed by atoms with Crippen LogP contribution in [0, 0.1) is 11.8 Å². The van der Waals surface area contributed by atoms with Crippen LogP contribution in [0.1, 0.15) is 53.4 Å². The fourth-order valence-electron chi connectivity index (χ4n) is 1.32. The maximum atomic E-state index is 2.34. The summed E-state index contributed by atoms with van der Waals surface area (Å²) in [5.41, 5.74) is 0. The highest BCUT2D eigenvalue weighted by Crippen LogP contribution is 2.22. The quantitative estimate of drug-likeness (QED) is 0.546. The molecule has 0 heteroatoms. The van der Waals surface area contributed by atoms with Crippen LogP contribution in [-0.2, 0) is 0 Å². The molecule has 0 saturated carbocycles. The Kier molecular flexibility index (Phi) is 5.76. The molecule has 1 unspecified atom stereocenters. The molecule has 0 aromatic carbocycles. The summed E-state index contributed by atoms with van der Waals surface area (Å²) in [6.07, 6.45) is 5.31. The van der Waals surface area contributed by atoms with Crippen molar-refractivity contribution in [1.29, 1.82) is 0 Å². The molecule has 1 atom stereocenters. The van der Waals surface area contributed by atoms with Gasteiger partial charge in [-0.1, -0.05) is 47.0 Å². The van der Waals surface area contributed by atoms with Crippen molar-refractivity contribution in [3.05, 3.63) is 5.92 Å². The van der Waals surface area contributed by atoms with Gasteiger partial charge < -0.3 is 0 Å². The van der Waals surface area contributed by atoms with E-state index in [1.165, 1.54) is 25.7 Å². The summed E-state index contributed by atoms with van der Waals surface area (Å²) in [4.78, 5) is 0. The first-order valence-electron chi connectivity index (χ1n) is 4.54. The van der Waals surface area contributed by atoms with E-state index in [2.05, 4.69) is 27.7 Å². The molecule has 0 spiro atoms. The first kappa shape index (κ1) is 10.0. The second kappa shape index (κ2) is 5.76. The Morgan fingerprint density at radius 2 is 1.80 bits per heavy atom. The van der Waals surface area contributed by atoms with Gasteiger partial charge in [0, 0.05) is 0 Å². The fourth-order valence-corrected chi connectivity index (χ4v) is 1.32. The molecular weight excluding hydrogens is 120 g/mol. The van der Waals surface area contributed by atoms with Crippen LogP contribution in [0.2, 0.25) is 0 Å². The summed E-state index contributed by atoms with van der Waals surface area (Å²) in [5, 5.41) is 0. The lowest BCUT2D eigenvalue weighted by Crippen LogP contribution is -2.04. The van der Waals surface area contributed by atoms with Crippen molar-refractivity contribution in [3.8, 4) is 0 Å². The standard InChI is InChI=1S/C10H21/c1-5-7-9(3)10(4)8-6-2/h9H,5-8H2,1-4H3. The highest BCUT2D eigenvalue weighted by Gasteiger charge is 2.09. The molecule has 10 heavy (non-hydrogen) atoms. The van der Waals surface area contributed by atoms with Gasteiger partial charge >= 0.3 is 0 Å². The zero-order valence-corrected chi connectivity index (χ0v) is 7.91. The summed E-state index contributed by atoms with van der Waals surface area (Å²) >= 11 is 0. The van der Waals surface area contributed by atoms with Gasteiger partial charge in [0.1, 0.15) is 0 Å². The summed E-state index contributed by atoms with van der Waals surface area (Å²) in [6.45, 7) is 9.15. The van der Waals surface area contributed by atoms with E-state index in [1.807, 2.05) is 0 Å². The minimum atomic E-state index is 0.852. The van der Waals surface area contributed by atoms with Gasteiger partial charge in [0.05, 0.1) is 0 Å². The monoisotopic (exact) mass is 141 g/mol. The Balaban J connectivity index is 3.38. The normalized spacial score (nSPS) is 14.1. The van der Waals surface area contributed by atoms with E-state index in [0.29, 0.717) is 0 Å². The van der Waals surface area contributed by atoms with Crippen molar-refractivity contribution < 1.29 is 0 Å². The predicted molar refractivity (Wildman–Crippen MR) is 47.9 cm³/mol. The molecule has 0 heterocycles. The number of hydrogen-bond donors (Lipinski definition) is 0. The van der Waals surface area contributed by atoms with Gasteiger partial charge in [-0.2, -0.15) is 0 Å². The van der Waals surface area contributed by atoms with Gasteiger partial charge in [-0.15, -0.1) is 0 Å². The number of rotatable bonds is 5. The highest BCUT2D eigenvalue weighted by molar-refractivity contribution is 4.88. The zero-order valence-electron chi connectivity index (χ0n) is 7.91. The maximum absolute atomic E-state index is 2.34. The molecule has 0 amide bonds. The van der Waals surface area contributed by atoms with Crippen LogP contribution in [0.3, 0.4) is 0 Å². The molecule has 61 valence electrons. The van der Waals surface area contributed by atoms with Crippen LogP contribution in [0.4, 0.5) is 0 Å². The van der Waals surface area contributed by atoms with Crippen molar-refractivity contribution in [1.82, 2.24) is 0 Å². The molecule has 0 fully saturated rings. The van der Waals surface area contributed by atoms with E-state index in [1.54, 1.807) is 5.92 Å². The smallest absolute Gasteiger partial charge is 0.0244 e. The largest absolute Gasteiger partial charge is 0.0654 e. The van der Waals surface area contributed by atoms with Crippen molar-refractivity contribution in [2.24, 2.45) is 5.92 Å². The average molecular weight is 141 g/mol. The average Bonchev–Trinajstić information content (AvgIpc) is 1.89. The Bertz CT molecular complexity index is 56.4. The van der Waals surface area contributed by atoms with Gasteiger partial charge in [0.25, 0.3) is 0 Å². The van der Waals surface area contributed by atoms with E-state index >= 15 is 0 Å². The molecule has 0 aromatic rings. The van der Waals surface area contributed by atoms with Crippen LogP contribution in [-0.4, -0.2) is 0 Å². The van der Waals surface area contributed by atoms with Crippen molar-refractivity contribution in [2.45, 2.75) is 53.4 Å². The Hall–Kier alpha value is 0. The van der Waals surface area contributed by atoms with Crippen LogP contribution < -0.4 is 0 Å². The van der Waals surface area contributed by atoms with E-state index in [4.69, 9.17) is 0 Å². The fraction of sp³-hybridized carbons (Fsp3) is 0.900. The van der Waals surface area contributed by atoms with Gasteiger partial charge in [0.2, 0.25) is 0 Å². The van der Waals surface area contributed by atoms with Crippen LogP contribution in [0.15, 0.2) is 0 Å². The molecule has 0 saturated heterocycles. The first-order valence-corrected chi connectivity index (χ1v) is 4.54. The summed E-state index contributed by atoms with van der Waals surface area (Å²) in [5.74, 6) is 2.54. The molecular formula is C10H21.